The lowest BCUT2D eigenvalue weighted by Crippen LogP contribution is -2.27. The molecular weight excluding hydrogens is 352 g/mol. The molecule has 0 fully saturated rings. The molecule has 1 aliphatic rings. The molecule has 118 valence electrons. The van der Waals surface area contributed by atoms with Gasteiger partial charge < -0.3 is 10.2 Å². The first-order chi connectivity index (χ1) is 11.1. The average Bonchev–Trinajstić information content (AvgIpc) is 2.54. The number of carbonyl (C=O) groups is 1. The van der Waals surface area contributed by atoms with E-state index in [-0.39, 0.29) is 5.91 Å². The van der Waals surface area contributed by atoms with Crippen molar-refractivity contribution >= 4 is 33.6 Å². The third kappa shape index (κ3) is 3.89. The van der Waals surface area contributed by atoms with Crippen LogP contribution in [0.1, 0.15) is 16.7 Å². The fourth-order valence-electron chi connectivity index (χ4n) is 2.82. The Hall–Kier alpha value is -1.91. The van der Waals surface area contributed by atoms with Crippen molar-refractivity contribution in [1.82, 2.24) is 4.90 Å². The van der Waals surface area contributed by atoms with E-state index in [1.807, 2.05) is 42.5 Å². The summed E-state index contributed by atoms with van der Waals surface area (Å²) in [6, 6.07) is 14.0. The quantitative estimate of drug-likeness (QED) is 0.825. The van der Waals surface area contributed by atoms with Gasteiger partial charge >= 0.3 is 0 Å². The van der Waals surface area contributed by atoms with Crippen LogP contribution in [0.15, 0.2) is 53.0 Å². The van der Waals surface area contributed by atoms with Gasteiger partial charge in [0, 0.05) is 29.3 Å². The van der Waals surface area contributed by atoms with Gasteiger partial charge in [-0.2, -0.15) is 0 Å². The maximum absolute atomic E-state index is 12.2. The number of rotatable bonds is 3. The number of hydrogen-bond donors (Lipinski definition) is 1. The molecule has 0 aliphatic carbocycles. The molecule has 0 radical (unpaired) electrons. The predicted octanol–water partition coefficient (Wildman–Crippen LogP) is 4.09. The molecule has 1 heterocycles. The molecule has 1 aliphatic heterocycles. The van der Waals surface area contributed by atoms with E-state index < -0.39 is 0 Å². The number of hydrogen-bond acceptors (Lipinski definition) is 2. The minimum Gasteiger partial charge on any atom is -0.322 e. The lowest BCUT2D eigenvalue weighted by Gasteiger charge is -2.26. The summed E-state index contributed by atoms with van der Waals surface area (Å²) in [5.74, 6) is -0.104. The van der Waals surface area contributed by atoms with E-state index in [1.165, 1.54) is 11.1 Å². The van der Waals surface area contributed by atoms with E-state index >= 15 is 0 Å². The minimum atomic E-state index is -0.104. The standard InChI is InChI=1S/C19H19BrN2O/c1-22-12-11-16-15(13-22)6-4-8-18(16)21-19(23)10-9-14-5-2-3-7-17(14)20/h2-10H,11-13H2,1H3,(H,21,23). The summed E-state index contributed by atoms with van der Waals surface area (Å²) in [7, 11) is 2.12. The number of carbonyl (C=O) groups excluding carboxylic acids is 1. The van der Waals surface area contributed by atoms with Crippen LogP contribution in [0.4, 0.5) is 5.69 Å². The van der Waals surface area contributed by atoms with Crippen molar-refractivity contribution in [2.24, 2.45) is 0 Å². The SMILES string of the molecule is CN1CCc2c(cccc2NC(=O)C=Cc2ccccc2Br)C1. The van der Waals surface area contributed by atoms with Crippen molar-refractivity contribution < 1.29 is 4.79 Å². The van der Waals surface area contributed by atoms with Gasteiger partial charge in [0.15, 0.2) is 0 Å². The molecule has 0 spiro atoms. The van der Waals surface area contributed by atoms with E-state index in [9.17, 15) is 4.79 Å². The predicted molar refractivity (Wildman–Crippen MR) is 98.3 cm³/mol. The lowest BCUT2D eigenvalue weighted by atomic mass is 9.98. The van der Waals surface area contributed by atoms with Crippen LogP contribution in [-0.4, -0.2) is 24.4 Å². The number of nitrogens with zero attached hydrogens (tertiary/aromatic N) is 1. The normalized spacial score (nSPS) is 14.7. The summed E-state index contributed by atoms with van der Waals surface area (Å²) >= 11 is 3.48. The number of likely N-dealkylation sites (N-methyl/N-ethyl adjacent to an activating group) is 1. The van der Waals surface area contributed by atoms with Crippen LogP contribution >= 0.6 is 15.9 Å². The third-order valence-corrected chi connectivity index (χ3v) is 4.76. The van der Waals surface area contributed by atoms with Gasteiger partial charge in [0.25, 0.3) is 0 Å². The molecule has 0 bridgehead atoms. The highest BCUT2D eigenvalue weighted by Gasteiger charge is 2.16. The van der Waals surface area contributed by atoms with E-state index in [4.69, 9.17) is 0 Å². The van der Waals surface area contributed by atoms with Gasteiger partial charge in [-0.1, -0.05) is 46.3 Å². The zero-order valence-corrected chi connectivity index (χ0v) is 14.6. The van der Waals surface area contributed by atoms with Crippen LogP contribution in [0, 0.1) is 0 Å². The molecule has 0 unspecified atom stereocenters. The second-order valence-electron chi connectivity index (χ2n) is 5.78. The van der Waals surface area contributed by atoms with Gasteiger partial charge in [0.05, 0.1) is 0 Å². The van der Waals surface area contributed by atoms with Gasteiger partial charge in [-0.15, -0.1) is 0 Å². The molecule has 4 heteroatoms. The number of anilines is 1. The van der Waals surface area contributed by atoms with Crippen molar-refractivity contribution in [2.45, 2.75) is 13.0 Å². The topological polar surface area (TPSA) is 32.3 Å². The van der Waals surface area contributed by atoms with E-state index in [0.29, 0.717) is 0 Å². The summed E-state index contributed by atoms with van der Waals surface area (Å²) < 4.78 is 0.976. The second kappa shape index (κ2) is 7.11. The largest absolute Gasteiger partial charge is 0.322 e. The van der Waals surface area contributed by atoms with Gasteiger partial charge in [-0.3, -0.25) is 4.79 Å². The molecule has 3 rings (SSSR count). The highest BCUT2D eigenvalue weighted by Crippen LogP contribution is 2.25. The fourth-order valence-corrected chi connectivity index (χ4v) is 3.23. The number of halogens is 1. The van der Waals surface area contributed by atoms with Crippen molar-refractivity contribution in [3.05, 3.63) is 69.7 Å². The molecule has 0 saturated carbocycles. The zero-order chi connectivity index (χ0) is 16.2. The maximum atomic E-state index is 12.2. The fraction of sp³-hybridized carbons (Fsp3) is 0.211. The van der Waals surface area contributed by atoms with Crippen LogP contribution < -0.4 is 5.32 Å². The summed E-state index contributed by atoms with van der Waals surface area (Å²) in [6.07, 6.45) is 4.37. The number of nitrogens with one attached hydrogen (secondary N) is 1. The number of fused-ring (bicyclic) bond motifs is 1. The van der Waals surface area contributed by atoms with E-state index in [0.717, 1.165) is 35.2 Å². The molecule has 2 aromatic rings. The van der Waals surface area contributed by atoms with Crippen molar-refractivity contribution in [3.8, 4) is 0 Å². The molecule has 3 nitrogen and oxygen atoms in total. The van der Waals surface area contributed by atoms with Gasteiger partial charge in [-0.25, -0.2) is 0 Å². The molecule has 0 saturated heterocycles. The van der Waals surface area contributed by atoms with Gasteiger partial charge in [0.1, 0.15) is 0 Å². The summed E-state index contributed by atoms with van der Waals surface area (Å²) in [5.41, 5.74) is 4.47. The van der Waals surface area contributed by atoms with Crippen molar-refractivity contribution in [3.63, 3.8) is 0 Å². The molecule has 1 amide bonds. The summed E-state index contributed by atoms with van der Waals surface area (Å²) in [6.45, 7) is 1.96. The second-order valence-corrected chi connectivity index (χ2v) is 6.63. The highest BCUT2D eigenvalue weighted by molar-refractivity contribution is 9.10. The zero-order valence-electron chi connectivity index (χ0n) is 13.1. The van der Waals surface area contributed by atoms with Gasteiger partial charge in [0.2, 0.25) is 5.91 Å². The molecular formula is C19H19BrN2O. The molecule has 0 atom stereocenters. The monoisotopic (exact) mass is 370 g/mol. The first-order valence-corrected chi connectivity index (χ1v) is 8.45. The Balaban J connectivity index is 1.74. The first kappa shape index (κ1) is 16.0. The third-order valence-electron chi connectivity index (χ3n) is 4.03. The van der Waals surface area contributed by atoms with Crippen LogP contribution in [0.5, 0.6) is 0 Å². The Morgan fingerprint density at radius 3 is 2.87 bits per heavy atom. The van der Waals surface area contributed by atoms with Gasteiger partial charge in [-0.05, 0) is 48.4 Å². The lowest BCUT2D eigenvalue weighted by molar-refractivity contribution is -0.111. The highest BCUT2D eigenvalue weighted by atomic mass is 79.9. The number of benzene rings is 2. The van der Waals surface area contributed by atoms with Crippen LogP contribution in [-0.2, 0) is 17.8 Å². The summed E-state index contributed by atoms with van der Waals surface area (Å²) in [5, 5.41) is 3.02. The molecule has 2 aromatic carbocycles. The Morgan fingerprint density at radius 2 is 2.04 bits per heavy atom. The van der Waals surface area contributed by atoms with Crippen LogP contribution in [0.3, 0.4) is 0 Å². The molecule has 23 heavy (non-hydrogen) atoms. The minimum absolute atomic E-state index is 0.104. The van der Waals surface area contributed by atoms with Crippen molar-refractivity contribution in [1.29, 1.82) is 0 Å². The van der Waals surface area contributed by atoms with E-state index in [1.54, 1.807) is 6.08 Å². The number of amides is 1. The Labute approximate surface area is 145 Å². The average molecular weight is 371 g/mol. The molecule has 1 N–H and O–H groups in total. The Bertz CT molecular complexity index is 755. The van der Waals surface area contributed by atoms with E-state index in [2.05, 4.69) is 39.3 Å². The Kier molecular flexibility index (Phi) is 4.94. The molecule has 0 aromatic heterocycles. The smallest absolute Gasteiger partial charge is 0.248 e. The summed E-state index contributed by atoms with van der Waals surface area (Å²) in [4.78, 5) is 14.5. The first-order valence-electron chi connectivity index (χ1n) is 7.66. The Morgan fingerprint density at radius 1 is 1.22 bits per heavy atom. The van der Waals surface area contributed by atoms with Crippen LogP contribution in [0.2, 0.25) is 0 Å². The van der Waals surface area contributed by atoms with Crippen LogP contribution in [0.25, 0.3) is 6.08 Å². The maximum Gasteiger partial charge on any atom is 0.248 e. The van der Waals surface area contributed by atoms with Crippen molar-refractivity contribution in [2.75, 3.05) is 18.9 Å².